The number of aryl methyl sites for hydroxylation is 1. The summed E-state index contributed by atoms with van der Waals surface area (Å²) in [6, 6.07) is 13.7. The summed E-state index contributed by atoms with van der Waals surface area (Å²) in [5.74, 6) is -1.51. The van der Waals surface area contributed by atoms with Crippen LogP contribution in [0.15, 0.2) is 64.6 Å². The predicted octanol–water partition coefficient (Wildman–Crippen LogP) is 5.20. The van der Waals surface area contributed by atoms with Gasteiger partial charge in [0, 0.05) is 34.6 Å². The molecule has 1 atom stereocenters. The summed E-state index contributed by atoms with van der Waals surface area (Å²) in [7, 11) is 0. The van der Waals surface area contributed by atoms with E-state index < -0.39 is 17.9 Å². The Morgan fingerprint density at radius 2 is 1.65 bits per heavy atom. The number of carbonyl (C=O) groups is 2. The van der Waals surface area contributed by atoms with Gasteiger partial charge < -0.3 is 10.1 Å². The Kier molecular flexibility index (Phi) is 6.86. The largest absolute Gasteiger partial charge is 0.481 e. The van der Waals surface area contributed by atoms with E-state index >= 15 is 0 Å². The summed E-state index contributed by atoms with van der Waals surface area (Å²) < 4.78 is 0. The number of aromatic nitrogens is 1. The van der Waals surface area contributed by atoms with Crippen molar-refractivity contribution in [2.45, 2.75) is 32.2 Å². The quantitative estimate of drug-likeness (QED) is 0.488. The maximum absolute atomic E-state index is 13.0. The van der Waals surface area contributed by atoms with Crippen molar-refractivity contribution >= 4 is 40.8 Å². The summed E-state index contributed by atoms with van der Waals surface area (Å²) in [5.41, 5.74) is 3.60. The lowest BCUT2D eigenvalue weighted by Gasteiger charge is -2.22. The van der Waals surface area contributed by atoms with Gasteiger partial charge in [0.05, 0.1) is 23.7 Å². The zero-order valence-corrected chi connectivity index (χ0v) is 19.7. The molecule has 0 saturated carbocycles. The van der Waals surface area contributed by atoms with Crippen molar-refractivity contribution in [2.75, 3.05) is 0 Å². The fourth-order valence-electron chi connectivity index (χ4n) is 4.06. The molecular weight excluding hydrogens is 477 g/mol. The molecule has 9 heteroatoms. The van der Waals surface area contributed by atoms with Crippen LogP contribution in [0.3, 0.4) is 0 Å². The highest BCUT2D eigenvalue weighted by Crippen LogP contribution is 2.36. The second-order valence-corrected chi connectivity index (χ2v) is 8.88. The molecule has 4 rings (SSSR count). The molecule has 0 aliphatic carbocycles. The molecule has 3 aromatic rings. The second-order valence-electron chi connectivity index (χ2n) is 8.01. The van der Waals surface area contributed by atoms with Gasteiger partial charge in [-0.2, -0.15) is 5.10 Å². The molecule has 174 valence electrons. The minimum absolute atomic E-state index is 0.204. The van der Waals surface area contributed by atoms with E-state index in [4.69, 9.17) is 28.3 Å². The summed E-state index contributed by atoms with van der Waals surface area (Å²) >= 11 is 12.1. The Morgan fingerprint density at radius 3 is 2.26 bits per heavy atom. The van der Waals surface area contributed by atoms with Crippen LogP contribution in [0.2, 0.25) is 10.0 Å². The first-order chi connectivity index (χ1) is 16.2. The van der Waals surface area contributed by atoms with Crippen LogP contribution in [0.25, 0.3) is 11.1 Å². The number of nitrogens with one attached hydrogen (secondary N) is 1. The van der Waals surface area contributed by atoms with E-state index in [2.05, 4.69) is 10.1 Å². The number of H-pyrrole nitrogens is 1. The summed E-state index contributed by atoms with van der Waals surface area (Å²) in [5, 5.41) is 16.0. The molecule has 2 heterocycles. The zero-order chi connectivity index (χ0) is 24.4. The molecule has 2 N–H and O–H groups in total. The lowest BCUT2D eigenvalue weighted by Crippen LogP contribution is -2.27. The molecule has 0 fully saturated rings. The van der Waals surface area contributed by atoms with Crippen LogP contribution in [0.1, 0.15) is 42.0 Å². The van der Waals surface area contributed by atoms with Gasteiger partial charge in [-0.05, 0) is 47.9 Å². The molecule has 0 unspecified atom stereocenters. The van der Waals surface area contributed by atoms with Crippen molar-refractivity contribution in [3.05, 3.63) is 91.8 Å². The highest BCUT2D eigenvalue weighted by molar-refractivity contribution is 6.30. The Labute approximate surface area is 205 Å². The molecule has 1 amide bonds. The number of amides is 1. The molecule has 0 spiro atoms. The molecule has 1 aliphatic rings. The summed E-state index contributed by atoms with van der Waals surface area (Å²) in [6.45, 7) is 1.88. The number of rotatable bonds is 6. The number of benzene rings is 2. The zero-order valence-electron chi connectivity index (χ0n) is 18.2. The van der Waals surface area contributed by atoms with E-state index in [9.17, 15) is 14.4 Å². The van der Waals surface area contributed by atoms with Crippen LogP contribution in [0.5, 0.6) is 0 Å². The van der Waals surface area contributed by atoms with Crippen molar-refractivity contribution in [1.29, 1.82) is 0 Å². The second kappa shape index (κ2) is 9.83. The Balaban J connectivity index is 1.81. The highest BCUT2D eigenvalue weighted by atomic mass is 35.5. The van der Waals surface area contributed by atoms with Crippen molar-refractivity contribution in [1.82, 2.24) is 9.99 Å². The number of carboxylic acid groups (broad SMARTS) is 1. The van der Waals surface area contributed by atoms with Crippen LogP contribution in [0.4, 0.5) is 0 Å². The third-order valence-corrected chi connectivity index (χ3v) is 6.19. The number of pyridine rings is 1. The van der Waals surface area contributed by atoms with Gasteiger partial charge in [-0.3, -0.25) is 14.4 Å². The molecule has 0 radical (unpaired) electrons. The van der Waals surface area contributed by atoms with Crippen molar-refractivity contribution in [3.8, 4) is 11.1 Å². The number of carbonyl (C=O) groups excluding carboxylic acids is 1. The molecule has 7 nitrogen and oxygen atoms in total. The van der Waals surface area contributed by atoms with E-state index in [1.54, 1.807) is 42.6 Å². The standard InChI is InChI=1S/C25H21Cl2N3O4/c1-14-13-28-25(34)24(23(14)16-4-8-18(27)9-5-16)19-12-20(15-2-6-17(26)7-3-15)30(29-19)21(31)10-11-22(32)33/h2-9,13,20H,10-12H2,1H3,(H,28,34)(H,32,33)/t20-/m1/s1. The van der Waals surface area contributed by atoms with E-state index in [1.165, 1.54) is 5.01 Å². The first-order valence-electron chi connectivity index (χ1n) is 10.6. The van der Waals surface area contributed by atoms with Gasteiger partial charge in [0.15, 0.2) is 0 Å². The van der Waals surface area contributed by atoms with Crippen LogP contribution in [-0.2, 0) is 9.59 Å². The average Bonchev–Trinajstić information content (AvgIpc) is 3.25. The van der Waals surface area contributed by atoms with Crippen LogP contribution in [0, 0.1) is 6.92 Å². The monoisotopic (exact) mass is 497 g/mol. The predicted molar refractivity (Wildman–Crippen MR) is 131 cm³/mol. The fourth-order valence-corrected chi connectivity index (χ4v) is 4.31. The van der Waals surface area contributed by atoms with Gasteiger partial charge in [-0.1, -0.05) is 47.5 Å². The smallest absolute Gasteiger partial charge is 0.303 e. The number of hydrazone groups is 1. The van der Waals surface area contributed by atoms with Crippen LogP contribution >= 0.6 is 23.2 Å². The SMILES string of the molecule is Cc1c[nH]c(=O)c(C2=NN(C(=O)CCC(=O)O)[C@@H](c3ccc(Cl)cc3)C2)c1-c1ccc(Cl)cc1. The van der Waals surface area contributed by atoms with Gasteiger partial charge in [0.25, 0.3) is 5.56 Å². The molecule has 0 bridgehead atoms. The van der Waals surface area contributed by atoms with Gasteiger partial charge >= 0.3 is 5.97 Å². The Bertz CT molecular complexity index is 1330. The van der Waals surface area contributed by atoms with Crippen molar-refractivity contribution in [3.63, 3.8) is 0 Å². The molecule has 34 heavy (non-hydrogen) atoms. The summed E-state index contributed by atoms with van der Waals surface area (Å²) in [6.07, 6.45) is 1.41. The highest BCUT2D eigenvalue weighted by Gasteiger charge is 2.35. The number of halogens is 2. The number of carboxylic acids is 1. The van der Waals surface area contributed by atoms with Gasteiger partial charge in [0.2, 0.25) is 5.91 Å². The van der Waals surface area contributed by atoms with Crippen LogP contribution < -0.4 is 5.56 Å². The maximum atomic E-state index is 13.0. The fraction of sp³-hybridized carbons (Fsp3) is 0.200. The molecule has 1 aliphatic heterocycles. The Hall–Kier alpha value is -3.42. The third kappa shape index (κ3) is 4.90. The van der Waals surface area contributed by atoms with E-state index in [-0.39, 0.29) is 24.8 Å². The van der Waals surface area contributed by atoms with Gasteiger partial charge in [-0.15, -0.1) is 0 Å². The van der Waals surface area contributed by atoms with Gasteiger partial charge in [-0.25, -0.2) is 5.01 Å². The first-order valence-corrected chi connectivity index (χ1v) is 11.4. The minimum atomic E-state index is -1.07. The molecular formula is C25H21Cl2N3O4. The van der Waals surface area contributed by atoms with E-state index in [1.807, 2.05) is 19.1 Å². The Morgan fingerprint density at radius 1 is 1.03 bits per heavy atom. The molecule has 0 saturated heterocycles. The van der Waals surface area contributed by atoms with Crippen molar-refractivity contribution in [2.24, 2.45) is 5.10 Å². The number of hydrogen-bond donors (Lipinski definition) is 2. The number of aromatic amines is 1. The van der Waals surface area contributed by atoms with Crippen molar-refractivity contribution < 1.29 is 14.7 Å². The lowest BCUT2D eigenvalue weighted by atomic mass is 9.91. The number of hydrogen-bond acceptors (Lipinski definition) is 4. The van der Waals surface area contributed by atoms with Gasteiger partial charge in [0.1, 0.15) is 0 Å². The number of aliphatic carboxylic acids is 1. The normalized spacial score (nSPS) is 15.3. The maximum Gasteiger partial charge on any atom is 0.303 e. The van der Waals surface area contributed by atoms with E-state index in [0.29, 0.717) is 26.9 Å². The molecule has 1 aromatic heterocycles. The first kappa shape index (κ1) is 23.7. The summed E-state index contributed by atoms with van der Waals surface area (Å²) in [4.78, 5) is 39.8. The average molecular weight is 498 g/mol. The van der Waals surface area contributed by atoms with E-state index in [0.717, 1.165) is 16.7 Å². The molecule has 2 aromatic carbocycles. The minimum Gasteiger partial charge on any atom is -0.481 e. The van der Waals surface area contributed by atoms with Crippen LogP contribution in [-0.4, -0.2) is 32.7 Å². The number of nitrogens with zero attached hydrogens (tertiary/aromatic N) is 2. The topological polar surface area (TPSA) is 103 Å². The lowest BCUT2D eigenvalue weighted by molar-refractivity contribution is -0.141. The third-order valence-electron chi connectivity index (χ3n) is 5.69.